The number of imidazole rings is 1. The van der Waals surface area contributed by atoms with Gasteiger partial charge in [-0.3, -0.25) is 20.0 Å². The van der Waals surface area contributed by atoms with E-state index in [1.54, 1.807) is 0 Å². The van der Waals surface area contributed by atoms with Crippen molar-refractivity contribution >= 4 is 11.0 Å². The molecule has 1 aliphatic heterocycles. The number of aryl methyl sites for hydroxylation is 1. The minimum absolute atomic E-state index is 0.786. The maximum Gasteiger partial charge on any atom is 0.123 e. The molecule has 2 N–H and O–H groups in total. The monoisotopic (exact) mass is 465 g/mol. The Morgan fingerprint density at radius 3 is 2.83 bits per heavy atom. The van der Waals surface area contributed by atoms with Crippen molar-refractivity contribution in [3.8, 4) is 33.9 Å². The van der Waals surface area contributed by atoms with Gasteiger partial charge in [-0.2, -0.15) is 5.10 Å². The van der Waals surface area contributed by atoms with Crippen LogP contribution < -0.4 is 5.32 Å². The Morgan fingerprint density at radius 2 is 1.94 bits per heavy atom. The molecule has 0 amide bonds. The SMILES string of the molecule is CNCCN1CCn2cc(-c3cnc4ccc(-c5c[nH]nc5-c5cccc(C)n5)nc4c3)nc2C1. The summed E-state index contributed by atoms with van der Waals surface area (Å²) in [5.74, 6) is 1.10. The van der Waals surface area contributed by atoms with Crippen LogP contribution >= 0.6 is 0 Å². The van der Waals surface area contributed by atoms with Crippen LogP contribution in [0.1, 0.15) is 11.5 Å². The fourth-order valence-corrected chi connectivity index (χ4v) is 4.55. The summed E-state index contributed by atoms with van der Waals surface area (Å²) in [5.41, 5.74) is 7.87. The van der Waals surface area contributed by atoms with Crippen molar-refractivity contribution in [2.75, 3.05) is 26.7 Å². The van der Waals surface area contributed by atoms with Crippen molar-refractivity contribution < 1.29 is 0 Å². The molecule has 176 valence electrons. The Hall–Kier alpha value is -3.95. The first-order valence-electron chi connectivity index (χ1n) is 11.9. The third-order valence-electron chi connectivity index (χ3n) is 6.44. The zero-order valence-corrected chi connectivity index (χ0v) is 19.9. The lowest BCUT2D eigenvalue weighted by Gasteiger charge is -2.27. The summed E-state index contributed by atoms with van der Waals surface area (Å²) in [6.07, 6.45) is 5.89. The number of H-pyrrole nitrogens is 1. The van der Waals surface area contributed by atoms with Gasteiger partial charge < -0.3 is 9.88 Å². The maximum atomic E-state index is 4.94. The topological polar surface area (TPSA) is 100 Å². The molecule has 0 fully saturated rings. The lowest BCUT2D eigenvalue weighted by atomic mass is 10.1. The van der Waals surface area contributed by atoms with E-state index in [1.165, 1.54) is 0 Å². The quantitative estimate of drug-likeness (QED) is 0.397. The Balaban J connectivity index is 1.33. The van der Waals surface area contributed by atoms with E-state index in [-0.39, 0.29) is 0 Å². The Bertz CT molecular complexity index is 1500. The van der Waals surface area contributed by atoms with Crippen molar-refractivity contribution in [2.24, 2.45) is 0 Å². The minimum atomic E-state index is 0.786. The normalized spacial score (nSPS) is 13.9. The fraction of sp³-hybridized carbons (Fsp3) is 0.269. The van der Waals surface area contributed by atoms with Crippen LogP contribution in [-0.4, -0.2) is 66.3 Å². The summed E-state index contributed by atoms with van der Waals surface area (Å²) in [4.78, 5) is 21.6. The van der Waals surface area contributed by atoms with E-state index >= 15 is 0 Å². The van der Waals surface area contributed by atoms with Gasteiger partial charge in [-0.1, -0.05) is 6.07 Å². The van der Waals surface area contributed by atoms with E-state index in [2.05, 4.69) is 47.2 Å². The summed E-state index contributed by atoms with van der Waals surface area (Å²) < 4.78 is 2.26. The molecule has 0 aliphatic carbocycles. The van der Waals surface area contributed by atoms with Crippen molar-refractivity contribution in [1.29, 1.82) is 0 Å². The van der Waals surface area contributed by atoms with Crippen molar-refractivity contribution in [3.05, 3.63) is 66.5 Å². The van der Waals surface area contributed by atoms with Gasteiger partial charge in [0.1, 0.15) is 11.5 Å². The number of pyridine rings is 3. The predicted molar refractivity (Wildman–Crippen MR) is 136 cm³/mol. The van der Waals surface area contributed by atoms with Gasteiger partial charge in [0.05, 0.1) is 34.7 Å². The van der Waals surface area contributed by atoms with Gasteiger partial charge in [0.15, 0.2) is 0 Å². The van der Waals surface area contributed by atoms with Crippen LogP contribution in [0.25, 0.3) is 44.9 Å². The van der Waals surface area contributed by atoms with Crippen molar-refractivity contribution in [2.45, 2.75) is 20.0 Å². The molecule has 0 saturated carbocycles. The van der Waals surface area contributed by atoms with Gasteiger partial charge in [-0.25, -0.2) is 9.97 Å². The zero-order valence-electron chi connectivity index (χ0n) is 19.9. The summed E-state index contributed by atoms with van der Waals surface area (Å²) in [7, 11) is 1.99. The van der Waals surface area contributed by atoms with Crippen LogP contribution in [-0.2, 0) is 13.1 Å². The molecule has 5 aromatic heterocycles. The van der Waals surface area contributed by atoms with E-state index in [1.807, 2.05) is 56.7 Å². The molecule has 0 bridgehead atoms. The lowest BCUT2D eigenvalue weighted by Crippen LogP contribution is -2.37. The number of aromatic nitrogens is 7. The zero-order chi connectivity index (χ0) is 23.8. The third-order valence-corrected chi connectivity index (χ3v) is 6.44. The van der Waals surface area contributed by atoms with Crippen LogP contribution in [0, 0.1) is 6.92 Å². The number of aromatic amines is 1. The van der Waals surface area contributed by atoms with Gasteiger partial charge in [-0.05, 0) is 44.3 Å². The van der Waals surface area contributed by atoms with E-state index in [0.717, 1.165) is 89.2 Å². The molecular weight excluding hydrogens is 438 g/mol. The average Bonchev–Trinajstić information content (AvgIpc) is 3.54. The third kappa shape index (κ3) is 4.20. The molecule has 1 aliphatic rings. The minimum Gasteiger partial charge on any atom is -0.332 e. The summed E-state index contributed by atoms with van der Waals surface area (Å²) >= 11 is 0. The highest BCUT2D eigenvalue weighted by Gasteiger charge is 2.19. The second kappa shape index (κ2) is 9.01. The molecule has 0 aromatic carbocycles. The Labute approximate surface area is 203 Å². The molecule has 5 aromatic rings. The molecule has 35 heavy (non-hydrogen) atoms. The van der Waals surface area contributed by atoms with Crippen molar-refractivity contribution in [1.82, 2.24) is 44.9 Å². The average molecular weight is 466 g/mol. The van der Waals surface area contributed by atoms with E-state index in [4.69, 9.17) is 9.97 Å². The van der Waals surface area contributed by atoms with Gasteiger partial charge in [-0.15, -0.1) is 0 Å². The Kier molecular flexibility index (Phi) is 5.55. The van der Waals surface area contributed by atoms with Gasteiger partial charge in [0.2, 0.25) is 0 Å². The highest BCUT2D eigenvalue weighted by Crippen LogP contribution is 2.30. The van der Waals surface area contributed by atoms with E-state index < -0.39 is 0 Å². The van der Waals surface area contributed by atoms with Crippen LogP contribution in [0.4, 0.5) is 0 Å². The molecule has 9 heteroatoms. The smallest absolute Gasteiger partial charge is 0.123 e. The highest BCUT2D eigenvalue weighted by molar-refractivity contribution is 5.84. The van der Waals surface area contributed by atoms with Crippen LogP contribution in [0.3, 0.4) is 0 Å². The first-order chi connectivity index (χ1) is 17.2. The molecule has 6 heterocycles. The molecule has 0 saturated heterocycles. The van der Waals surface area contributed by atoms with E-state index in [9.17, 15) is 0 Å². The predicted octanol–water partition coefficient (Wildman–Crippen LogP) is 3.29. The number of hydrogen-bond donors (Lipinski definition) is 2. The number of rotatable bonds is 6. The standard InChI is InChI=1S/C26H27N9/c1-17-4-3-5-22(30-17)26-19(14-29-33-26)20-6-7-21-23(31-20)12-18(13-28-21)24-15-35-11-10-34(9-8-27-2)16-25(35)32-24/h3-7,12-15,27H,8-11,16H2,1-2H3,(H,29,33). The fourth-order valence-electron chi connectivity index (χ4n) is 4.55. The number of fused-ring (bicyclic) bond motifs is 2. The molecule has 6 rings (SSSR count). The molecule has 9 nitrogen and oxygen atoms in total. The molecule has 0 spiro atoms. The molecule has 0 unspecified atom stereocenters. The van der Waals surface area contributed by atoms with Crippen LogP contribution in [0.15, 0.2) is 55.0 Å². The molecule has 0 radical (unpaired) electrons. The summed E-state index contributed by atoms with van der Waals surface area (Å²) in [6, 6.07) is 12.0. The second-order valence-corrected chi connectivity index (χ2v) is 8.89. The number of hydrogen-bond acceptors (Lipinski definition) is 7. The maximum absolute atomic E-state index is 4.94. The molecular formula is C26H27N9. The number of nitrogens with zero attached hydrogens (tertiary/aromatic N) is 7. The number of likely N-dealkylation sites (N-methyl/N-ethyl adjacent to an activating group) is 1. The second-order valence-electron chi connectivity index (χ2n) is 8.89. The largest absolute Gasteiger partial charge is 0.332 e. The molecule has 0 atom stereocenters. The first-order valence-corrected chi connectivity index (χ1v) is 11.9. The van der Waals surface area contributed by atoms with Gasteiger partial charge >= 0.3 is 0 Å². The van der Waals surface area contributed by atoms with Crippen LogP contribution in [0.2, 0.25) is 0 Å². The van der Waals surface area contributed by atoms with Gasteiger partial charge in [0.25, 0.3) is 0 Å². The van der Waals surface area contributed by atoms with Crippen LogP contribution in [0.5, 0.6) is 0 Å². The first kappa shape index (κ1) is 21.6. The summed E-state index contributed by atoms with van der Waals surface area (Å²) in [6.45, 7) is 6.83. The Morgan fingerprint density at radius 1 is 1.00 bits per heavy atom. The lowest BCUT2D eigenvalue weighted by molar-refractivity contribution is 0.219. The highest BCUT2D eigenvalue weighted by atomic mass is 15.2. The van der Waals surface area contributed by atoms with Gasteiger partial charge in [0, 0.05) is 61.6 Å². The van der Waals surface area contributed by atoms with E-state index in [0.29, 0.717) is 0 Å². The van der Waals surface area contributed by atoms with Crippen molar-refractivity contribution in [3.63, 3.8) is 0 Å². The summed E-state index contributed by atoms with van der Waals surface area (Å²) in [5, 5.41) is 10.6. The number of nitrogens with one attached hydrogen (secondary N) is 2.